The summed E-state index contributed by atoms with van der Waals surface area (Å²) < 4.78 is 0. The maximum atomic E-state index is 12.9. The number of hydrogen-bond donors (Lipinski definition) is 1. The first-order chi connectivity index (χ1) is 16.4. The van der Waals surface area contributed by atoms with Gasteiger partial charge in [0.25, 0.3) is 5.91 Å². The lowest BCUT2D eigenvalue weighted by atomic mass is 10.0. The molecule has 2 fully saturated rings. The van der Waals surface area contributed by atoms with Crippen molar-refractivity contribution in [3.05, 3.63) is 52.6 Å². The molecule has 1 unspecified atom stereocenters. The van der Waals surface area contributed by atoms with E-state index in [1.165, 1.54) is 12.4 Å². The lowest BCUT2D eigenvalue weighted by Crippen LogP contribution is -2.54. The van der Waals surface area contributed by atoms with Crippen molar-refractivity contribution in [1.82, 2.24) is 19.8 Å². The second-order valence-electron chi connectivity index (χ2n) is 9.49. The van der Waals surface area contributed by atoms with Crippen molar-refractivity contribution in [2.75, 3.05) is 25.0 Å². The number of nitrogens with one attached hydrogen (secondary N) is 1. The minimum atomic E-state index is -0.309. The van der Waals surface area contributed by atoms with Crippen LogP contribution in [0.4, 0.5) is 5.69 Å². The summed E-state index contributed by atoms with van der Waals surface area (Å²) >= 11 is 0. The molecule has 1 saturated carbocycles. The Hall–Kier alpha value is -3.31. The van der Waals surface area contributed by atoms with Gasteiger partial charge in [0.1, 0.15) is 5.82 Å². The molecule has 1 aliphatic carbocycles. The number of aryl methyl sites for hydroxylation is 1. The van der Waals surface area contributed by atoms with Crippen LogP contribution < -0.4 is 5.32 Å². The summed E-state index contributed by atoms with van der Waals surface area (Å²) in [6, 6.07) is 5.95. The van der Waals surface area contributed by atoms with Crippen molar-refractivity contribution in [2.24, 2.45) is 5.92 Å². The van der Waals surface area contributed by atoms with Crippen LogP contribution in [0.5, 0.6) is 0 Å². The highest BCUT2D eigenvalue weighted by molar-refractivity contribution is 6.04. The van der Waals surface area contributed by atoms with Crippen LogP contribution in [-0.4, -0.2) is 57.3 Å². The maximum absolute atomic E-state index is 12.9. The van der Waals surface area contributed by atoms with Crippen LogP contribution in [0.25, 0.3) is 0 Å². The molecule has 2 heterocycles. The third kappa shape index (κ3) is 5.26. The Bertz CT molecular complexity index is 1100. The Balaban J connectivity index is 1.46. The monoisotopic (exact) mass is 460 g/mol. The van der Waals surface area contributed by atoms with Crippen LogP contribution in [0.15, 0.2) is 24.5 Å². The zero-order chi connectivity index (χ0) is 24.2. The van der Waals surface area contributed by atoms with E-state index < -0.39 is 0 Å². The Labute approximate surface area is 201 Å². The van der Waals surface area contributed by atoms with Gasteiger partial charge in [0.2, 0.25) is 5.91 Å². The van der Waals surface area contributed by atoms with E-state index in [1.807, 2.05) is 13.0 Å². The first-order valence-electron chi connectivity index (χ1n) is 12.0. The van der Waals surface area contributed by atoms with E-state index in [-0.39, 0.29) is 17.9 Å². The number of carbonyl (C=O) groups is 2. The van der Waals surface area contributed by atoms with Crippen molar-refractivity contribution < 1.29 is 9.59 Å². The Morgan fingerprint density at radius 3 is 2.50 bits per heavy atom. The molecular weight excluding hydrogens is 428 g/mol. The normalized spacial score (nSPS) is 19.1. The smallest absolute Gasteiger partial charge is 0.258 e. The van der Waals surface area contributed by atoms with E-state index in [0.717, 1.165) is 56.4 Å². The molecule has 1 aromatic heterocycles. The number of hydrogen-bond acceptors (Lipinski definition) is 6. The molecule has 8 nitrogen and oxygen atoms in total. The van der Waals surface area contributed by atoms with Gasteiger partial charge in [-0.25, -0.2) is 9.97 Å². The molecular formula is C26H32N6O2. The van der Waals surface area contributed by atoms with Gasteiger partial charge < -0.3 is 10.2 Å². The third-order valence-corrected chi connectivity index (χ3v) is 7.03. The highest BCUT2D eigenvalue weighted by atomic mass is 16.2. The van der Waals surface area contributed by atoms with E-state index >= 15 is 0 Å². The summed E-state index contributed by atoms with van der Waals surface area (Å²) in [5.74, 6) is 0.809. The molecule has 0 radical (unpaired) electrons. The van der Waals surface area contributed by atoms with Crippen molar-refractivity contribution in [1.29, 1.82) is 5.26 Å². The lowest BCUT2D eigenvalue weighted by Gasteiger charge is -2.41. The summed E-state index contributed by atoms with van der Waals surface area (Å²) in [7, 11) is 0. The first kappa shape index (κ1) is 23.8. The molecule has 2 aromatic rings. The van der Waals surface area contributed by atoms with Crippen molar-refractivity contribution >= 4 is 17.5 Å². The van der Waals surface area contributed by atoms with Crippen molar-refractivity contribution in [2.45, 2.75) is 59.0 Å². The molecule has 1 aromatic carbocycles. The molecule has 1 saturated heterocycles. The zero-order valence-corrected chi connectivity index (χ0v) is 20.2. The van der Waals surface area contributed by atoms with Crippen LogP contribution in [0.1, 0.15) is 65.5 Å². The molecule has 4 rings (SSSR count). The summed E-state index contributed by atoms with van der Waals surface area (Å²) in [6.07, 6.45) is 7.36. The molecule has 2 aliphatic rings. The molecule has 1 N–H and O–H groups in total. The number of nitrogens with zero attached hydrogens (tertiary/aromatic N) is 5. The number of carbonyl (C=O) groups excluding carboxylic acids is 2. The molecule has 0 spiro atoms. The average Bonchev–Trinajstić information content (AvgIpc) is 3.36. The number of amides is 2. The quantitative estimate of drug-likeness (QED) is 0.733. The lowest BCUT2D eigenvalue weighted by molar-refractivity contribution is -0.140. The van der Waals surface area contributed by atoms with E-state index in [1.54, 1.807) is 13.0 Å². The van der Waals surface area contributed by atoms with Crippen LogP contribution in [0, 0.1) is 31.1 Å². The third-order valence-electron chi connectivity index (χ3n) is 7.03. The minimum absolute atomic E-state index is 0.155. The van der Waals surface area contributed by atoms with Crippen LogP contribution in [-0.2, 0) is 11.3 Å². The highest BCUT2D eigenvalue weighted by Gasteiger charge is 2.33. The topological polar surface area (TPSA) is 102 Å². The Morgan fingerprint density at radius 1 is 1.15 bits per heavy atom. The molecule has 178 valence electrons. The number of piperazine rings is 1. The number of aromatic nitrogens is 2. The molecule has 2 amide bonds. The number of nitriles is 1. The van der Waals surface area contributed by atoms with Crippen LogP contribution in [0.3, 0.4) is 0 Å². The van der Waals surface area contributed by atoms with E-state index in [4.69, 9.17) is 0 Å². The predicted molar refractivity (Wildman–Crippen MR) is 129 cm³/mol. The Kier molecular flexibility index (Phi) is 7.23. The summed E-state index contributed by atoms with van der Waals surface area (Å²) in [5.41, 5.74) is 3.41. The van der Waals surface area contributed by atoms with Gasteiger partial charge in [-0.15, -0.1) is 0 Å². The van der Waals surface area contributed by atoms with Crippen molar-refractivity contribution in [3.8, 4) is 6.07 Å². The van der Waals surface area contributed by atoms with Gasteiger partial charge in [-0.3, -0.25) is 14.5 Å². The number of anilines is 1. The van der Waals surface area contributed by atoms with E-state index in [0.29, 0.717) is 35.1 Å². The fourth-order valence-corrected chi connectivity index (χ4v) is 4.99. The first-order valence-corrected chi connectivity index (χ1v) is 12.0. The minimum Gasteiger partial charge on any atom is -0.337 e. The second-order valence-corrected chi connectivity index (χ2v) is 9.49. The molecule has 0 bridgehead atoms. The zero-order valence-electron chi connectivity index (χ0n) is 20.2. The van der Waals surface area contributed by atoms with E-state index in [9.17, 15) is 14.9 Å². The van der Waals surface area contributed by atoms with E-state index in [2.05, 4.69) is 38.1 Å². The van der Waals surface area contributed by atoms with Gasteiger partial charge in [-0.05, 0) is 56.9 Å². The molecule has 8 heteroatoms. The summed E-state index contributed by atoms with van der Waals surface area (Å²) in [4.78, 5) is 38.2. The highest BCUT2D eigenvalue weighted by Crippen LogP contribution is 2.29. The molecule has 1 atom stereocenters. The fraction of sp³-hybridized carbons (Fsp3) is 0.500. The largest absolute Gasteiger partial charge is 0.337 e. The fourth-order valence-electron chi connectivity index (χ4n) is 4.99. The van der Waals surface area contributed by atoms with Gasteiger partial charge in [-0.2, -0.15) is 5.26 Å². The van der Waals surface area contributed by atoms with Gasteiger partial charge in [0.15, 0.2) is 0 Å². The average molecular weight is 461 g/mol. The molecule has 34 heavy (non-hydrogen) atoms. The molecule has 1 aliphatic heterocycles. The number of benzene rings is 1. The number of rotatable bonds is 5. The van der Waals surface area contributed by atoms with Gasteiger partial charge in [0.05, 0.1) is 17.2 Å². The second kappa shape index (κ2) is 10.3. The predicted octanol–water partition coefficient (Wildman–Crippen LogP) is 3.44. The SMILES string of the molecule is Cc1ncc(C(=O)Nc2cc(C#N)cc(CN3CCN(C(=O)C4CCCC4)C(C)C3)c2C)cn1. The van der Waals surface area contributed by atoms with Crippen LogP contribution >= 0.6 is 0 Å². The van der Waals surface area contributed by atoms with Crippen LogP contribution in [0.2, 0.25) is 0 Å². The van der Waals surface area contributed by atoms with Gasteiger partial charge in [0, 0.05) is 56.2 Å². The summed E-state index contributed by atoms with van der Waals surface area (Å²) in [5, 5.41) is 12.5. The summed E-state index contributed by atoms with van der Waals surface area (Å²) in [6.45, 7) is 8.81. The van der Waals surface area contributed by atoms with Gasteiger partial charge in [-0.1, -0.05) is 12.8 Å². The standard InChI is InChI=1S/C26H32N6O2/c1-17-15-31(8-9-32(17)26(34)21-6-4-5-7-21)16-22-10-20(12-27)11-24(18(22)2)30-25(33)23-13-28-19(3)29-14-23/h10-11,13-14,17,21H,4-9,15-16H2,1-3H3,(H,30,33). The Morgan fingerprint density at radius 2 is 1.85 bits per heavy atom. The van der Waals surface area contributed by atoms with Crippen molar-refractivity contribution in [3.63, 3.8) is 0 Å². The van der Waals surface area contributed by atoms with Gasteiger partial charge >= 0.3 is 0 Å². The maximum Gasteiger partial charge on any atom is 0.258 e.